The number of amides is 2. The first-order valence-corrected chi connectivity index (χ1v) is 8.18. The van der Waals surface area contributed by atoms with E-state index in [4.69, 9.17) is 15.2 Å². The molecule has 0 spiro atoms. The average Bonchev–Trinajstić information content (AvgIpc) is 3.01. The lowest BCUT2D eigenvalue weighted by molar-refractivity contribution is -0.136. The molecule has 1 aromatic carbocycles. The summed E-state index contributed by atoms with van der Waals surface area (Å²) in [5.74, 6) is 0.876. The molecule has 2 atom stereocenters. The fraction of sp³-hybridized carbons (Fsp3) is 0.529. The Kier molecular flexibility index (Phi) is 6.13. The number of benzene rings is 1. The number of halogens is 1. The number of rotatable bonds is 4. The van der Waals surface area contributed by atoms with Gasteiger partial charge in [0.1, 0.15) is 13.2 Å². The Balaban J connectivity index is 0.00000225. The quantitative estimate of drug-likeness (QED) is 0.857. The Morgan fingerprint density at radius 2 is 2.04 bits per heavy atom. The second kappa shape index (κ2) is 7.93. The Morgan fingerprint density at radius 3 is 2.72 bits per heavy atom. The van der Waals surface area contributed by atoms with Gasteiger partial charge in [0.25, 0.3) is 0 Å². The smallest absolute Gasteiger partial charge is 0.228 e. The molecule has 1 fully saturated rings. The molecule has 2 aliphatic heterocycles. The predicted octanol–water partition coefficient (Wildman–Crippen LogP) is 1.04. The molecule has 3 rings (SSSR count). The molecule has 0 aromatic heterocycles. The first-order chi connectivity index (χ1) is 11.5. The summed E-state index contributed by atoms with van der Waals surface area (Å²) < 4.78 is 11.1. The van der Waals surface area contributed by atoms with Crippen molar-refractivity contribution in [3.63, 3.8) is 0 Å². The highest BCUT2D eigenvalue weighted by atomic mass is 35.5. The van der Waals surface area contributed by atoms with E-state index in [9.17, 15) is 9.59 Å². The van der Waals surface area contributed by atoms with Gasteiger partial charge in [0.2, 0.25) is 11.8 Å². The lowest BCUT2D eigenvalue weighted by atomic mass is 10.1. The maximum atomic E-state index is 12.5. The summed E-state index contributed by atoms with van der Waals surface area (Å²) >= 11 is 0. The van der Waals surface area contributed by atoms with Gasteiger partial charge in [-0.1, -0.05) is 0 Å². The number of ether oxygens (including phenoxy) is 2. The van der Waals surface area contributed by atoms with E-state index in [1.165, 1.54) is 0 Å². The molecular formula is C17H24ClN3O4. The monoisotopic (exact) mass is 369 g/mol. The minimum absolute atomic E-state index is 0. The van der Waals surface area contributed by atoms with E-state index in [2.05, 4.69) is 0 Å². The van der Waals surface area contributed by atoms with Gasteiger partial charge in [-0.2, -0.15) is 0 Å². The van der Waals surface area contributed by atoms with Gasteiger partial charge in [0.15, 0.2) is 11.5 Å². The van der Waals surface area contributed by atoms with Gasteiger partial charge in [0.05, 0.1) is 5.92 Å². The Bertz CT molecular complexity index is 655. The second-order valence-corrected chi connectivity index (χ2v) is 6.27. The molecule has 2 unspecified atom stereocenters. The number of nitrogens with two attached hydrogens (primary N) is 1. The summed E-state index contributed by atoms with van der Waals surface area (Å²) in [5, 5.41) is 0. The van der Waals surface area contributed by atoms with Crippen molar-refractivity contribution in [3.8, 4) is 11.5 Å². The molecule has 8 heteroatoms. The molecular weight excluding hydrogens is 346 g/mol. The zero-order valence-corrected chi connectivity index (χ0v) is 15.3. The van der Waals surface area contributed by atoms with Crippen molar-refractivity contribution in [3.05, 3.63) is 18.2 Å². The summed E-state index contributed by atoms with van der Waals surface area (Å²) in [6, 6.07) is 5.38. The highest BCUT2D eigenvalue weighted by Gasteiger charge is 2.37. The van der Waals surface area contributed by atoms with Gasteiger partial charge in [0, 0.05) is 44.4 Å². The number of hydrogen-bond donors (Lipinski definition) is 1. The minimum atomic E-state index is -0.343. The number of nitrogens with zero attached hydrogens (tertiary/aromatic N) is 2. The molecule has 0 saturated carbocycles. The van der Waals surface area contributed by atoms with Crippen molar-refractivity contribution in [2.24, 2.45) is 11.7 Å². The second-order valence-electron chi connectivity index (χ2n) is 6.27. The van der Waals surface area contributed by atoms with Gasteiger partial charge in [-0.3, -0.25) is 9.59 Å². The first kappa shape index (κ1) is 19.3. The van der Waals surface area contributed by atoms with Crippen LogP contribution in [0.25, 0.3) is 0 Å². The van der Waals surface area contributed by atoms with Crippen LogP contribution in [0.3, 0.4) is 0 Å². The van der Waals surface area contributed by atoms with Crippen LogP contribution in [0.5, 0.6) is 11.5 Å². The standard InChI is InChI=1S/C17H23N3O4.ClH/c1-11(9-18)19(2)17(22)12-7-16(21)20(10-12)13-3-4-14-15(8-13)24-6-5-23-14;/h3-4,8,11-12H,5-7,9-10,18H2,1-2H3;1H. The summed E-state index contributed by atoms with van der Waals surface area (Å²) in [5.41, 5.74) is 6.35. The molecule has 0 bridgehead atoms. The van der Waals surface area contributed by atoms with Crippen LogP contribution >= 0.6 is 12.4 Å². The molecule has 0 radical (unpaired) electrons. The van der Waals surface area contributed by atoms with Gasteiger partial charge >= 0.3 is 0 Å². The highest BCUT2D eigenvalue weighted by Crippen LogP contribution is 2.36. The van der Waals surface area contributed by atoms with Crippen molar-refractivity contribution in [1.29, 1.82) is 0 Å². The van der Waals surface area contributed by atoms with Crippen LogP contribution in [0.2, 0.25) is 0 Å². The number of carbonyl (C=O) groups is 2. The zero-order chi connectivity index (χ0) is 17.3. The normalized spacial score (nSPS) is 20.0. The van der Waals surface area contributed by atoms with E-state index < -0.39 is 0 Å². The van der Waals surface area contributed by atoms with Crippen molar-refractivity contribution >= 4 is 29.9 Å². The maximum absolute atomic E-state index is 12.5. The number of hydrogen-bond acceptors (Lipinski definition) is 5. The summed E-state index contributed by atoms with van der Waals surface area (Å²) in [4.78, 5) is 28.2. The highest BCUT2D eigenvalue weighted by molar-refractivity contribution is 6.00. The van der Waals surface area contributed by atoms with E-state index in [1.54, 1.807) is 29.0 Å². The third-order valence-corrected chi connectivity index (χ3v) is 4.66. The molecule has 2 amide bonds. The van der Waals surface area contributed by atoms with Crippen LogP contribution in [0.1, 0.15) is 13.3 Å². The van der Waals surface area contributed by atoms with Crippen LogP contribution in [-0.2, 0) is 9.59 Å². The Hall–Kier alpha value is -1.99. The summed E-state index contributed by atoms with van der Waals surface area (Å²) in [7, 11) is 1.73. The lowest BCUT2D eigenvalue weighted by Crippen LogP contribution is -2.43. The number of carbonyl (C=O) groups excluding carboxylic acids is 2. The third-order valence-electron chi connectivity index (χ3n) is 4.66. The van der Waals surface area contributed by atoms with Gasteiger partial charge in [-0.05, 0) is 19.1 Å². The number of likely N-dealkylation sites (N-methyl/N-ethyl adjacent to an activating group) is 1. The van der Waals surface area contributed by atoms with Crippen molar-refractivity contribution < 1.29 is 19.1 Å². The van der Waals surface area contributed by atoms with Crippen LogP contribution < -0.4 is 20.1 Å². The Labute approximate surface area is 153 Å². The largest absolute Gasteiger partial charge is 0.486 e. The minimum Gasteiger partial charge on any atom is -0.486 e. The molecule has 138 valence electrons. The van der Waals surface area contributed by atoms with Crippen LogP contribution in [0.15, 0.2) is 18.2 Å². The molecule has 1 saturated heterocycles. The number of anilines is 1. The maximum Gasteiger partial charge on any atom is 0.228 e. The molecule has 25 heavy (non-hydrogen) atoms. The first-order valence-electron chi connectivity index (χ1n) is 8.18. The van der Waals surface area contributed by atoms with Crippen molar-refractivity contribution in [2.75, 3.05) is 38.3 Å². The van der Waals surface area contributed by atoms with E-state index in [0.717, 1.165) is 5.69 Å². The molecule has 7 nitrogen and oxygen atoms in total. The molecule has 2 heterocycles. The van der Waals surface area contributed by atoms with Crippen LogP contribution in [0.4, 0.5) is 5.69 Å². The van der Waals surface area contributed by atoms with Crippen molar-refractivity contribution in [1.82, 2.24) is 4.90 Å². The fourth-order valence-electron chi connectivity index (χ4n) is 2.99. The van der Waals surface area contributed by atoms with Gasteiger partial charge < -0.3 is 25.0 Å². The summed E-state index contributed by atoms with van der Waals surface area (Å²) in [6.45, 7) is 3.69. The van der Waals surface area contributed by atoms with E-state index in [-0.39, 0.29) is 42.6 Å². The van der Waals surface area contributed by atoms with Gasteiger partial charge in [-0.25, -0.2) is 0 Å². The number of fused-ring (bicyclic) bond motifs is 1. The van der Waals surface area contributed by atoms with E-state index >= 15 is 0 Å². The van der Waals surface area contributed by atoms with Gasteiger partial charge in [-0.15, -0.1) is 12.4 Å². The summed E-state index contributed by atoms with van der Waals surface area (Å²) in [6.07, 6.45) is 0.217. The zero-order valence-electron chi connectivity index (χ0n) is 14.4. The van der Waals surface area contributed by atoms with E-state index in [0.29, 0.717) is 37.8 Å². The van der Waals surface area contributed by atoms with E-state index in [1.807, 2.05) is 13.0 Å². The van der Waals surface area contributed by atoms with Crippen molar-refractivity contribution in [2.45, 2.75) is 19.4 Å². The average molecular weight is 370 g/mol. The lowest BCUT2D eigenvalue weighted by Gasteiger charge is -2.26. The topological polar surface area (TPSA) is 85.1 Å². The molecule has 1 aromatic rings. The molecule has 2 N–H and O–H groups in total. The fourth-order valence-corrected chi connectivity index (χ4v) is 2.99. The molecule has 0 aliphatic carbocycles. The third kappa shape index (κ3) is 3.82. The Morgan fingerprint density at radius 1 is 1.36 bits per heavy atom. The molecule has 2 aliphatic rings. The van der Waals surface area contributed by atoms with Crippen LogP contribution in [0, 0.1) is 5.92 Å². The van der Waals surface area contributed by atoms with Crippen LogP contribution in [-0.4, -0.2) is 56.1 Å². The SMILES string of the molecule is CC(CN)N(C)C(=O)C1CC(=O)N(c2ccc3c(c2)OCCO3)C1.Cl. The predicted molar refractivity (Wildman–Crippen MR) is 96.4 cm³/mol.